The topological polar surface area (TPSA) is 160 Å². The van der Waals surface area contributed by atoms with Gasteiger partial charge in [-0.3, -0.25) is 14.1 Å². The van der Waals surface area contributed by atoms with Gasteiger partial charge in [0.1, 0.15) is 10.9 Å². The van der Waals surface area contributed by atoms with Crippen LogP contribution in [-0.2, 0) is 22.7 Å². The lowest BCUT2D eigenvalue weighted by Gasteiger charge is -2.18. The van der Waals surface area contributed by atoms with E-state index in [1.54, 1.807) is 13.1 Å². The van der Waals surface area contributed by atoms with Crippen molar-refractivity contribution < 1.29 is 37.4 Å². The fraction of sp³-hybridized carbons (Fsp3) is 0.600. The van der Waals surface area contributed by atoms with E-state index in [9.17, 15) is 18.8 Å². The summed E-state index contributed by atoms with van der Waals surface area (Å²) < 4.78 is 37.3. The molecule has 24 heavy (non-hydrogen) atoms. The molecular weight excluding hydrogens is 386 g/mol. The highest BCUT2D eigenvalue weighted by molar-refractivity contribution is 7.71. The molecule has 1 aromatic rings. The van der Waals surface area contributed by atoms with Crippen molar-refractivity contribution >= 4 is 27.9 Å². The predicted octanol–water partition coefficient (Wildman–Crippen LogP) is 1.12. The van der Waals surface area contributed by atoms with E-state index in [0.717, 1.165) is 0 Å². The van der Waals surface area contributed by atoms with Crippen molar-refractivity contribution in [1.29, 1.82) is 0 Å². The van der Waals surface area contributed by atoms with Crippen molar-refractivity contribution in [3.05, 3.63) is 26.9 Å². The maximum absolute atomic E-state index is 11.9. The molecule has 0 aliphatic carbocycles. The van der Waals surface area contributed by atoms with Gasteiger partial charge in [0.05, 0.1) is 12.7 Å². The minimum Gasteiger partial charge on any atom is -0.352 e. The fourth-order valence-corrected chi connectivity index (χ4v) is 3.91. The predicted molar refractivity (Wildman–Crippen MR) is 82.7 cm³/mol. The summed E-state index contributed by atoms with van der Waals surface area (Å²) in [5.74, 6) is 0. The molecule has 3 atom stereocenters. The number of nitrogens with one attached hydrogen (secondary N) is 1. The number of phosphoric ester groups is 1. The zero-order chi connectivity index (χ0) is 18.1. The Morgan fingerprint density at radius 3 is 2.71 bits per heavy atom. The van der Waals surface area contributed by atoms with Crippen LogP contribution in [0.5, 0.6) is 0 Å². The monoisotopic (exact) mass is 402 g/mol. The second-order valence-corrected chi connectivity index (χ2v) is 8.34. The zero-order valence-electron chi connectivity index (χ0n) is 12.4. The van der Waals surface area contributed by atoms with E-state index < -0.39 is 40.3 Å². The van der Waals surface area contributed by atoms with Crippen molar-refractivity contribution in [3.8, 4) is 0 Å². The van der Waals surface area contributed by atoms with E-state index in [1.165, 1.54) is 4.57 Å². The highest BCUT2D eigenvalue weighted by Crippen LogP contribution is 2.57. The minimum atomic E-state index is -5.16. The summed E-state index contributed by atoms with van der Waals surface area (Å²) in [6, 6.07) is 0. The molecule has 0 bridgehead atoms. The molecule has 1 aliphatic heterocycles. The summed E-state index contributed by atoms with van der Waals surface area (Å²) in [6.45, 7) is 1.30. The second kappa shape index (κ2) is 7.28. The van der Waals surface area contributed by atoms with Gasteiger partial charge in [-0.2, -0.15) is 4.31 Å². The quantitative estimate of drug-likeness (QED) is 0.401. The van der Waals surface area contributed by atoms with Crippen LogP contribution in [0.3, 0.4) is 0 Å². The molecule has 11 nitrogen and oxygen atoms in total. The van der Waals surface area contributed by atoms with Gasteiger partial charge in [0.2, 0.25) is 0 Å². The number of rotatable bonds is 6. The molecule has 2 rings (SSSR count). The minimum absolute atomic E-state index is 0.324. The standard InChI is InChI=1S/C10H16N2O9P2S/c1-6-4-12(10(13)11-9(6)24)8-3-2-7(20-8)5-19-23(17,18)21-22(14,15)16/h4,7-8H,2-3,5H2,1H3,(H,17,18)(H,11,13,24)(H2,14,15,16)/t7-,8+/m0/s1. The van der Waals surface area contributed by atoms with Crippen molar-refractivity contribution in [2.75, 3.05) is 6.61 Å². The maximum Gasteiger partial charge on any atom is 0.481 e. The summed E-state index contributed by atoms with van der Waals surface area (Å²) in [4.78, 5) is 40.6. The molecule has 1 fully saturated rings. The zero-order valence-corrected chi connectivity index (χ0v) is 15.0. The van der Waals surface area contributed by atoms with E-state index in [-0.39, 0.29) is 0 Å². The first kappa shape index (κ1) is 19.6. The SMILES string of the molecule is Cc1cn([C@H]2CC[C@@H](COP(=O)(O)OP(=O)(O)O)O2)c(=O)[nH]c1=S. The first-order valence-corrected chi connectivity index (χ1v) is 10.1. The van der Waals surface area contributed by atoms with Gasteiger partial charge in [-0.25, -0.2) is 13.9 Å². The lowest BCUT2D eigenvalue weighted by atomic mass is 10.2. The lowest BCUT2D eigenvalue weighted by Crippen LogP contribution is -2.28. The smallest absolute Gasteiger partial charge is 0.352 e. The van der Waals surface area contributed by atoms with Crippen LogP contribution < -0.4 is 5.69 Å². The average molecular weight is 402 g/mol. The van der Waals surface area contributed by atoms with Crippen LogP contribution in [0.2, 0.25) is 0 Å². The molecule has 1 aromatic heterocycles. The molecule has 1 aliphatic rings. The third-order valence-electron chi connectivity index (χ3n) is 3.17. The van der Waals surface area contributed by atoms with Gasteiger partial charge in [0, 0.05) is 11.8 Å². The Morgan fingerprint density at radius 1 is 1.42 bits per heavy atom. The van der Waals surface area contributed by atoms with E-state index in [0.29, 0.717) is 23.0 Å². The first-order valence-electron chi connectivity index (χ1n) is 6.68. The van der Waals surface area contributed by atoms with Crippen LogP contribution in [0.25, 0.3) is 0 Å². The van der Waals surface area contributed by atoms with Gasteiger partial charge in [-0.15, -0.1) is 0 Å². The molecule has 1 saturated heterocycles. The molecule has 0 spiro atoms. The Bertz CT molecular complexity index is 815. The highest BCUT2D eigenvalue weighted by atomic mass is 32.1. The van der Waals surface area contributed by atoms with Gasteiger partial charge in [0.25, 0.3) is 0 Å². The third kappa shape index (κ3) is 5.41. The number of aryl methyl sites for hydroxylation is 1. The van der Waals surface area contributed by atoms with Gasteiger partial charge in [-0.05, 0) is 19.8 Å². The Hall–Kier alpha value is -0.680. The summed E-state index contributed by atoms with van der Waals surface area (Å²) >= 11 is 4.96. The van der Waals surface area contributed by atoms with Crippen molar-refractivity contribution in [1.82, 2.24) is 9.55 Å². The Labute approximate surface area is 141 Å². The fourth-order valence-electron chi connectivity index (χ4n) is 2.15. The normalized spacial score (nSPS) is 24.0. The summed E-state index contributed by atoms with van der Waals surface area (Å²) in [7, 11) is -10.1. The number of aromatic amines is 1. The molecular formula is C10H16N2O9P2S. The number of phosphoric acid groups is 2. The molecule has 0 amide bonds. The molecule has 136 valence electrons. The van der Waals surface area contributed by atoms with Crippen LogP contribution in [0.4, 0.5) is 0 Å². The first-order chi connectivity index (χ1) is 11.0. The van der Waals surface area contributed by atoms with Crippen molar-refractivity contribution in [2.24, 2.45) is 0 Å². The third-order valence-corrected chi connectivity index (χ3v) is 5.75. The van der Waals surface area contributed by atoms with Gasteiger partial charge in [-0.1, -0.05) is 12.2 Å². The summed E-state index contributed by atoms with van der Waals surface area (Å²) in [5, 5.41) is 0. The number of ether oxygens (including phenoxy) is 1. The average Bonchev–Trinajstić information content (AvgIpc) is 2.87. The van der Waals surface area contributed by atoms with Crippen LogP contribution in [-0.4, -0.2) is 36.9 Å². The number of aromatic nitrogens is 2. The Morgan fingerprint density at radius 2 is 2.08 bits per heavy atom. The van der Waals surface area contributed by atoms with E-state index >= 15 is 0 Å². The Balaban J connectivity index is 1.98. The van der Waals surface area contributed by atoms with Gasteiger partial charge in [0.15, 0.2) is 0 Å². The van der Waals surface area contributed by atoms with Crippen LogP contribution in [0, 0.1) is 11.6 Å². The van der Waals surface area contributed by atoms with Crippen LogP contribution in [0.15, 0.2) is 11.0 Å². The van der Waals surface area contributed by atoms with Crippen LogP contribution >= 0.6 is 27.9 Å². The van der Waals surface area contributed by atoms with Crippen molar-refractivity contribution in [3.63, 3.8) is 0 Å². The summed E-state index contributed by atoms with van der Waals surface area (Å²) in [6.07, 6.45) is 1.13. The highest BCUT2D eigenvalue weighted by Gasteiger charge is 2.35. The second-order valence-electron chi connectivity index (χ2n) is 5.11. The maximum atomic E-state index is 11.9. The molecule has 0 aromatic carbocycles. The molecule has 4 N–H and O–H groups in total. The van der Waals surface area contributed by atoms with Gasteiger partial charge < -0.3 is 19.4 Å². The molecule has 1 unspecified atom stereocenters. The van der Waals surface area contributed by atoms with Crippen LogP contribution in [0.1, 0.15) is 24.6 Å². The van der Waals surface area contributed by atoms with Gasteiger partial charge >= 0.3 is 21.3 Å². The number of hydrogen-bond acceptors (Lipinski definition) is 7. The number of nitrogens with zero attached hydrogens (tertiary/aromatic N) is 1. The largest absolute Gasteiger partial charge is 0.481 e. The molecule has 0 saturated carbocycles. The molecule has 2 heterocycles. The molecule has 14 heteroatoms. The summed E-state index contributed by atoms with van der Waals surface area (Å²) in [5.41, 5.74) is 0.234. The number of hydrogen-bond donors (Lipinski definition) is 4. The number of H-pyrrole nitrogens is 1. The molecule has 0 radical (unpaired) electrons. The van der Waals surface area contributed by atoms with E-state index in [1.807, 2.05) is 0 Å². The van der Waals surface area contributed by atoms with E-state index in [4.69, 9.17) is 26.7 Å². The van der Waals surface area contributed by atoms with E-state index in [2.05, 4.69) is 13.8 Å². The van der Waals surface area contributed by atoms with Crippen molar-refractivity contribution in [2.45, 2.75) is 32.1 Å². The lowest BCUT2D eigenvalue weighted by molar-refractivity contribution is -0.0243. The Kier molecular flexibility index (Phi) is 5.96.